The Kier molecular flexibility index (Phi) is 4.02. The number of nitrogens with zero attached hydrogens (tertiary/aromatic N) is 3. The molecule has 2 atom stereocenters. The molecular weight excluding hydrogens is 242 g/mol. The molecule has 1 heterocycles. The van der Waals surface area contributed by atoms with Crippen LogP contribution in [0, 0.1) is 12.8 Å². The van der Waals surface area contributed by atoms with E-state index in [2.05, 4.69) is 16.9 Å². The van der Waals surface area contributed by atoms with Crippen LogP contribution in [0.15, 0.2) is 6.07 Å². The minimum absolute atomic E-state index is 0.0674. The zero-order valence-electron chi connectivity index (χ0n) is 11.8. The maximum atomic E-state index is 11.1. The van der Waals surface area contributed by atoms with Gasteiger partial charge in [-0.3, -0.25) is 0 Å². The number of carbonyl (C=O) groups is 1. The molecular formula is C14H21N3O2. The highest BCUT2D eigenvalue weighted by Gasteiger charge is 2.27. The van der Waals surface area contributed by atoms with Crippen LogP contribution in [0.5, 0.6) is 0 Å². The second-order valence-corrected chi connectivity index (χ2v) is 5.44. The maximum Gasteiger partial charge on any atom is 0.354 e. The van der Waals surface area contributed by atoms with Gasteiger partial charge >= 0.3 is 5.97 Å². The molecule has 104 valence electrons. The Morgan fingerprint density at radius 2 is 2.05 bits per heavy atom. The highest BCUT2D eigenvalue weighted by atomic mass is 16.4. The molecule has 5 nitrogen and oxygen atoms in total. The lowest BCUT2D eigenvalue weighted by molar-refractivity contribution is 0.0690. The maximum absolute atomic E-state index is 11.1. The monoisotopic (exact) mass is 263 g/mol. The van der Waals surface area contributed by atoms with E-state index < -0.39 is 5.97 Å². The van der Waals surface area contributed by atoms with Crippen LogP contribution < -0.4 is 4.90 Å². The molecule has 0 spiro atoms. The lowest BCUT2D eigenvalue weighted by Crippen LogP contribution is -2.40. The molecule has 0 saturated heterocycles. The lowest BCUT2D eigenvalue weighted by Gasteiger charge is -2.36. The van der Waals surface area contributed by atoms with Crippen LogP contribution in [-0.4, -0.2) is 34.1 Å². The first-order valence-corrected chi connectivity index (χ1v) is 6.81. The lowest BCUT2D eigenvalue weighted by atomic mass is 9.85. The van der Waals surface area contributed by atoms with Gasteiger partial charge in [0.05, 0.1) is 0 Å². The molecule has 1 fully saturated rings. The van der Waals surface area contributed by atoms with Gasteiger partial charge in [0.2, 0.25) is 5.95 Å². The Hall–Kier alpha value is -1.65. The molecule has 0 amide bonds. The fourth-order valence-corrected chi connectivity index (χ4v) is 2.84. The van der Waals surface area contributed by atoms with Crippen LogP contribution in [-0.2, 0) is 0 Å². The quantitative estimate of drug-likeness (QED) is 0.907. The van der Waals surface area contributed by atoms with Gasteiger partial charge in [-0.05, 0) is 31.7 Å². The van der Waals surface area contributed by atoms with Crippen LogP contribution in [0.3, 0.4) is 0 Å². The fraction of sp³-hybridized carbons (Fsp3) is 0.643. The topological polar surface area (TPSA) is 66.3 Å². The molecule has 0 bridgehead atoms. The van der Waals surface area contributed by atoms with Crippen LogP contribution >= 0.6 is 0 Å². The molecule has 1 N–H and O–H groups in total. The van der Waals surface area contributed by atoms with Gasteiger partial charge in [-0.25, -0.2) is 14.8 Å². The van der Waals surface area contributed by atoms with Crippen LogP contribution in [0.4, 0.5) is 5.95 Å². The summed E-state index contributed by atoms with van der Waals surface area (Å²) >= 11 is 0. The van der Waals surface area contributed by atoms with Crippen molar-refractivity contribution in [3.63, 3.8) is 0 Å². The average Bonchev–Trinajstić information content (AvgIpc) is 2.37. The Morgan fingerprint density at radius 3 is 2.68 bits per heavy atom. The zero-order valence-corrected chi connectivity index (χ0v) is 11.8. The van der Waals surface area contributed by atoms with Crippen molar-refractivity contribution < 1.29 is 9.90 Å². The van der Waals surface area contributed by atoms with Gasteiger partial charge in [-0.1, -0.05) is 19.8 Å². The Bertz CT molecular complexity index is 476. The first-order chi connectivity index (χ1) is 8.99. The van der Waals surface area contributed by atoms with Crippen LogP contribution in [0.25, 0.3) is 0 Å². The normalized spacial score (nSPS) is 23.1. The van der Waals surface area contributed by atoms with Gasteiger partial charge in [-0.2, -0.15) is 0 Å². The summed E-state index contributed by atoms with van der Waals surface area (Å²) in [7, 11) is 1.97. The van der Waals surface area contributed by atoms with Crippen molar-refractivity contribution in [3.8, 4) is 0 Å². The summed E-state index contributed by atoms with van der Waals surface area (Å²) in [5, 5.41) is 9.07. The summed E-state index contributed by atoms with van der Waals surface area (Å²) in [4.78, 5) is 21.6. The minimum Gasteiger partial charge on any atom is -0.477 e. The number of anilines is 1. The molecule has 2 unspecified atom stereocenters. The summed E-state index contributed by atoms with van der Waals surface area (Å²) in [6.07, 6.45) is 4.83. The summed E-state index contributed by atoms with van der Waals surface area (Å²) in [6, 6.07) is 1.90. The molecule has 0 aliphatic heterocycles. The SMILES string of the molecule is Cc1cc(C(=O)O)nc(N(C)C2CCCCC2C)n1. The average molecular weight is 263 g/mol. The third-order valence-corrected chi connectivity index (χ3v) is 3.94. The van der Waals surface area contributed by atoms with Gasteiger partial charge in [0, 0.05) is 18.8 Å². The Morgan fingerprint density at radius 1 is 1.37 bits per heavy atom. The summed E-state index contributed by atoms with van der Waals surface area (Å²) in [5.41, 5.74) is 0.760. The predicted octanol–water partition coefficient (Wildman–Crippen LogP) is 2.50. The third-order valence-electron chi connectivity index (χ3n) is 3.94. The van der Waals surface area contributed by atoms with E-state index in [1.165, 1.54) is 25.3 Å². The van der Waals surface area contributed by atoms with Gasteiger partial charge in [-0.15, -0.1) is 0 Å². The smallest absolute Gasteiger partial charge is 0.354 e. The number of hydrogen-bond acceptors (Lipinski definition) is 4. The summed E-state index contributed by atoms with van der Waals surface area (Å²) < 4.78 is 0. The second-order valence-electron chi connectivity index (χ2n) is 5.44. The molecule has 1 aromatic heterocycles. The minimum atomic E-state index is -1.00. The van der Waals surface area contributed by atoms with E-state index in [1.807, 2.05) is 11.9 Å². The van der Waals surface area contributed by atoms with Gasteiger partial charge in [0.1, 0.15) is 0 Å². The number of aryl methyl sites for hydroxylation is 1. The van der Waals surface area contributed by atoms with Crippen molar-refractivity contribution in [3.05, 3.63) is 17.5 Å². The fourth-order valence-electron chi connectivity index (χ4n) is 2.84. The molecule has 1 saturated carbocycles. The van der Waals surface area contributed by atoms with Gasteiger partial charge < -0.3 is 10.0 Å². The van der Waals surface area contributed by atoms with E-state index in [4.69, 9.17) is 5.11 Å². The Labute approximate surface area is 113 Å². The predicted molar refractivity (Wildman–Crippen MR) is 73.6 cm³/mol. The summed E-state index contributed by atoms with van der Waals surface area (Å²) in [5.74, 6) is 0.115. The van der Waals surface area contributed by atoms with E-state index in [9.17, 15) is 4.79 Å². The number of aromatic carboxylic acids is 1. The summed E-state index contributed by atoms with van der Waals surface area (Å²) in [6.45, 7) is 4.05. The molecule has 2 rings (SSSR count). The van der Waals surface area contributed by atoms with Crippen molar-refractivity contribution in [2.45, 2.75) is 45.6 Å². The Balaban J connectivity index is 2.27. The highest BCUT2D eigenvalue weighted by molar-refractivity contribution is 5.85. The van der Waals surface area contributed by atoms with Crippen LogP contribution in [0.1, 0.15) is 48.8 Å². The second kappa shape index (κ2) is 5.55. The van der Waals surface area contributed by atoms with Crippen molar-refractivity contribution >= 4 is 11.9 Å². The number of aromatic nitrogens is 2. The van der Waals surface area contributed by atoms with Gasteiger partial charge in [0.15, 0.2) is 5.69 Å². The zero-order chi connectivity index (χ0) is 14.0. The number of rotatable bonds is 3. The molecule has 0 radical (unpaired) electrons. The van der Waals surface area contributed by atoms with E-state index in [0.29, 0.717) is 23.6 Å². The standard InChI is InChI=1S/C14H21N3O2/c1-9-6-4-5-7-12(9)17(3)14-15-10(2)8-11(16-14)13(18)19/h8-9,12H,4-7H2,1-3H3,(H,18,19). The van der Waals surface area contributed by atoms with E-state index in [-0.39, 0.29) is 5.69 Å². The van der Waals surface area contributed by atoms with E-state index in [1.54, 1.807) is 6.92 Å². The number of carboxylic acids is 1. The molecule has 0 aromatic carbocycles. The van der Waals surface area contributed by atoms with Gasteiger partial charge in [0.25, 0.3) is 0 Å². The van der Waals surface area contributed by atoms with Crippen molar-refractivity contribution in [2.75, 3.05) is 11.9 Å². The molecule has 1 aliphatic carbocycles. The van der Waals surface area contributed by atoms with E-state index in [0.717, 1.165) is 6.42 Å². The number of hydrogen-bond donors (Lipinski definition) is 1. The largest absolute Gasteiger partial charge is 0.477 e. The third kappa shape index (κ3) is 3.03. The first kappa shape index (κ1) is 13.8. The molecule has 5 heteroatoms. The van der Waals surface area contributed by atoms with Crippen molar-refractivity contribution in [2.24, 2.45) is 5.92 Å². The molecule has 19 heavy (non-hydrogen) atoms. The number of carboxylic acid groups (broad SMARTS) is 1. The first-order valence-electron chi connectivity index (χ1n) is 6.81. The van der Waals surface area contributed by atoms with Crippen molar-refractivity contribution in [1.29, 1.82) is 0 Å². The van der Waals surface area contributed by atoms with Crippen molar-refractivity contribution in [1.82, 2.24) is 9.97 Å². The highest BCUT2D eigenvalue weighted by Crippen LogP contribution is 2.29. The molecule has 1 aromatic rings. The molecule has 1 aliphatic rings. The van der Waals surface area contributed by atoms with E-state index >= 15 is 0 Å². The van der Waals surface area contributed by atoms with Crippen LogP contribution in [0.2, 0.25) is 0 Å².